The Morgan fingerprint density at radius 3 is 2.28 bits per heavy atom. The van der Waals surface area contributed by atoms with Crippen LogP contribution in [-0.4, -0.2) is 42.4 Å². The maximum absolute atomic E-state index is 11.7. The lowest BCUT2D eigenvalue weighted by atomic mass is 10.2. The molecule has 0 atom stereocenters. The number of carbonyl (C=O) groups excluding carboxylic acids is 4. The molecule has 29 heavy (non-hydrogen) atoms. The van der Waals surface area contributed by atoms with Crippen molar-refractivity contribution in [1.29, 1.82) is 0 Å². The van der Waals surface area contributed by atoms with Gasteiger partial charge in [0.1, 0.15) is 12.2 Å². The fraction of sp³-hybridized carbons (Fsp3) is 0.524. The summed E-state index contributed by atoms with van der Waals surface area (Å²) in [5.41, 5.74) is 0.279. The van der Waals surface area contributed by atoms with Gasteiger partial charge < -0.3 is 20.1 Å². The summed E-state index contributed by atoms with van der Waals surface area (Å²) in [6, 6.07) is 9.38. The van der Waals surface area contributed by atoms with Gasteiger partial charge in [-0.05, 0) is 32.8 Å². The van der Waals surface area contributed by atoms with Gasteiger partial charge in [0, 0.05) is 25.8 Å². The topological polar surface area (TPSA) is 111 Å². The van der Waals surface area contributed by atoms with Gasteiger partial charge in [0.15, 0.2) is 5.78 Å². The third-order valence-corrected chi connectivity index (χ3v) is 3.58. The number of benzene rings is 1. The molecule has 1 aromatic rings. The van der Waals surface area contributed by atoms with E-state index in [0.717, 1.165) is 5.56 Å². The number of rotatable bonds is 11. The molecule has 0 unspecified atom stereocenters. The number of hydrogen-bond acceptors (Lipinski definition) is 6. The molecule has 0 radical (unpaired) electrons. The molecule has 0 aromatic heterocycles. The van der Waals surface area contributed by atoms with Crippen molar-refractivity contribution in [2.24, 2.45) is 0 Å². The fourth-order valence-corrected chi connectivity index (χ4v) is 2.19. The summed E-state index contributed by atoms with van der Waals surface area (Å²) in [5.74, 6) is -0.879. The molecule has 0 aliphatic heterocycles. The second-order valence-electron chi connectivity index (χ2n) is 7.49. The van der Waals surface area contributed by atoms with Crippen molar-refractivity contribution in [3.05, 3.63) is 35.9 Å². The Bertz CT molecular complexity index is 682. The molecular weight excluding hydrogens is 376 g/mol. The standard InChI is InChI=1S/C21H30N2O6/c1-21(2,3)29-20(27)23-14-17(24)11-12-18(25)22-13-7-10-19(26)28-15-16-8-5-4-6-9-16/h4-6,8-9H,7,10-15H2,1-3H3,(H,22,25)(H,23,27). The van der Waals surface area contributed by atoms with E-state index in [1.54, 1.807) is 20.8 Å². The van der Waals surface area contributed by atoms with Crippen LogP contribution in [0.4, 0.5) is 4.79 Å². The van der Waals surface area contributed by atoms with Crippen molar-refractivity contribution >= 4 is 23.8 Å². The third-order valence-electron chi connectivity index (χ3n) is 3.58. The Morgan fingerprint density at radius 1 is 0.931 bits per heavy atom. The van der Waals surface area contributed by atoms with Crippen molar-refractivity contribution in [2.45, 2.75) is 58.7 Å². The van der Waals surface area contributed by atoms with E-state index in [-0.39, 0.29) is 50.1 Å². The molecule has 0 fully saturated rings. The van der Waals surface area contributed by atoms with Crippen molar-refractivity contribution in [3.63, 3.8) is 0 Å². The maximum Gasteiger partial charge on any atom is 0.408 e. The number of ether oxygens (including phenoxy) is 2. The Kier molecular flexibility index (Phi) is 10.4. The number of amides is 2. The molecule has 0 bridgehead atoms. The van der Waals surface area contributed by atoms with E-state index >= 15 is 0 Å². The first-order chi connectivity index (χ1) is 13.7. The number of nitrogens with one attached hydrogen (secondary N) is 2. The molecule has 2 amide bonds. The molecule has 0 heterocycles. The van der Waals surface area contributed by atoms with Crippen LogP contribution in [0.2, 0.25) is 0 Å². The van der Waals surface area contributed by atoms with E-state index in [9.17, 15) is 19.2 Å². The molecular formula is C21H30N2O6. The molecule has 2 N–H and O–H groups in total. The van der Waals surface area contributed by atoms with E-state index in [1.807, 2.05) is 30.3 Å². The normalized spacial score (nSPS) is 10.7. The molecule has 1 rings (SSSR count). The molecule has 8 heteroatoms. The number of Topliss-reactive ketones (excluding diaryl/α,β-unsaturated/α-hetero) is 1. The van der Waals surface area contributed by atoms with Crippen molar-refractivity contribution in [3.8, 4) is 0 Å². The van der Waals surface area contributed by atoms with E-state index in [4.69, 9.17) is 9.47 Å². The van der Waals surface area contributed by atoms with E-state index < -0.39 is 11.7 Å². The highest BCUT2D eigenvalue weighted by atomic mass is 16.6. The van der Waals surface area contributed by atoms with Crippen molar-refractivity contribution in [1.82, 2.24) is 10.6 Å². The van der Waals surface area contributed by atoms with Crippen LogP contribution >= 0.6 is 0 Å². The van der Waals surface area contributed by atoms with Crippen LogP contribution in [-0.2, 0) is 30.5 Å². The minimum atomic E-state index is -0.672. The molecule has 8 nitrogen and oxygen atoms in total. The number of carbonyl (C=O) groups is 4. The number of ketones is 1. The van der Waals surface area contributed by atoms with E-state index in [1.165, 1.54) is 0 Å². The first kappa shape index (κ1) is 24.1. The first-order valence-electron chi connectivity index (χ1n) is 9.60. The smallest absolute Gasteiger partial charge is 0.408 e. The third kappa shape index (κ3) is 13.0. The van der Waals surface area contributed by atoms with Crippen molar-refractivity contribution < 1.29 is 28.7 Å². The highest BCUT2D eigenvalue weighted by Gasteiger charge is 2.16. The van der Waals surface area contributed by atoms with Gasteiger partial charge in [-0.15, -0.1) is 0 Å². The second kappa shape index (κ2) is 12.5. The highest BCUT2D eigenvalue weighted by molar-refractivity contribution is 5.87. The number of hydrogen-bond donors (Lipinski definition) is 2. The summed E-state index contributed by atoms with van der Waals surface area (Å²) in [6.07, 6.45) is 0.0161. The minimum Gasteiger partial charge on any atom is -0.461 e. The predicted octanol–water partition coefficient (Wildman–Crippen LogP) is 2.50. The van der Waals surface area contributed by atoms with Gasteiger partial charge in [-0.2, -0.15) is 0 Å². The highest BCUT2D eigenvalue weighted by Crippen LogP contribution is 2.06. The summed E-state index contributed by atoms with van der Waals surface area (Å²) in [6.45, 7) is 5.54. The lowest BCUT2D eigenvalue weighted by molar-refractivity contribution is -0.145. The SMILES string of the molecule is CC(C)(C)OC(=O)NCC(=O)CCC(=O)NCCCC(=O)OCc1ccccc1. The number of esters is 1. The zero-order valence-electron chi connectivity index (χ0n) is 17.3. The summed E-state index contributed by atoms with van der Waals surface area (Å²) in [7, 11) is 0. The summed E-state index contributed by atoms with van der Waals surface area (Å²) in [5, 5.41) is 5.01. The van der Waals surface area contributed by atoms with Crippen LogP contribution in [0.15, 0.2) is 30.3 Å². The summed E-state index contributed by atoms with van der Waals surface area (Å²) < 4.78 is 10.2. The molecule has 0 spiro atoms. The van der Waals surface area contributed by atoms with Gasteiger partial charge >= 0.3 is 12.1 Å². The molecule has 160 valence electrons. The zero-order chi connectivity index (χ0) is 21.7. The van der Waals surface area contributed by atoms with E-state index in [2.05, 4.69) is 10.6 Å². The molecule has 0 aliphatic carbocycles. The van der Waals surface area contributed by atoms with Gasteiger partial charge in [0.2, 0.25) is 5.91 Å². The largest absolute Gasteiger partial charge is 0.461 e. The van der Waals surface area contributed by atoms with Crippen LogP contribution < -0.4 is 10.6 Å². The Balaban J connectivity index is 2.06. The molecule has 0 saturated carbocycles. The number of alkyl carbamates (subject to hydrolysis) is 1. The first-order valence-corrected chi connectivity index (χ1v) is 9.60. The van der Waals surface area contributed by atoms with Gasteiger partial charge in [-0.3, -0.25) is 14.4 Å². The van der Waals surface area contributed by atoms with Crippen LogP contribution in [0.1, 0.15) is 52.0 Å². The summed E-state index contributed by atoms with van der Waals surface area (Å²) >= 11 is 0. The maximum atomic E-state index is 11.7. The van der Waals surface area contributed by atoms with Crippen LogP contribution in [0, 0.1) is 0 Å². The average molecular weight is 406 g/mol. The van der Waals surface area contributed by atoms with Crippen LogP contribution in [0.25, 0.3) is 0 Å². The van der Waals surface area contributed by atoms with Gasteiger partial charge in [0.25, 0.3) is 0 Å². The average Bonchev–Trinajstić information content (AvgIpc) is 2.66. The minimum absolute atomic E-state index is 0.0146. The lowest BCUT2D eigenvalue weighted by Crippen LogP contribution is -2.35. The lowest BCUT2D eigenvalue weighted by Gasteiger charge is -2.19. The predicted molar refractivity (Wildman–Crippen MR) is 107 cm³/mol. The van der Waals surface area contributed by atoms with Gasteiger partial charge in [-0.1, -0.05) is 30.3 Å². The molecule has 1 aromatic carbocycles. The fourth-order valence-electron chi connectivity index (χ4n) is 2.19. The monoisotopic (exact) mass is 406 g/mol. The van der Waals surface area contributed by atoms with Crippen molar-refractivity contribution in [2.75, 3.05) is 13.1 Å². The Morgan fingerprint density at radius 2 is 1.62 bits per heavy atom. The van der Waals surface area contributed by atoms with Crippen LogP contribution in [0.3, 0.4) is 0 Å². The quantitative estimate of drug-likeness (QED) is 0.431. The summed E-state index contributed by atoms with van der Waals surface area (Å²) in [4.78, 5) is 46.6. The van der Waals surface area contributed by atoms with Gasteiger partial charge in [0.05, 0.1) is 6.54 Å². The second-order valence-corrected chi connectivity index (χ2v) is 7.49. The molecule has 0 saturated heterocycles. The Hall–Kier alpha value is -2.90. The Labute approximate surface area is 171 Å². The van der Waals surface area contributed by atoms with E-state index in [0.29, 0.717) is 13.0 Å². The van der Waals surface area contributed by atoms with Gasteiger partial charge in [-0.25, -0.2) is 4.79 Å². The zero-order valence-corrected chi connectivity index (χ0v) is 17.3. The van der Waals surface area contributed by atoms with Crippen LogP contribution in [0.5, 0.6) is 0 Å². The molecule has 0 aliphatic rings.